The summed E-state index contributed by atoms with van der Waals surface area (Å²) in [7, 11) is 0. The molecule has 1 saturated carbocycles. The highest BCUT2D eigenvalue weighted by molar-refractivity contribution is 14.1. The molecule has 9 heteroatoms. The second-order valence-corrected chi connectivity index (χ2v) is 11.4. The number of benzene rings is 2. The molecule has 2 aromatic carbocycles. The molecule has 2 heterocycles. The van der Waals surface area contributed by atoms with E-state index >= 15 is 0 Å². The molecule has 2 aromatic heterocycles. The molecule has 5 rings (SSSR count). The molecule has 0 saturated heterocycles. The second-order valence-electron chi connectivity index (χ2n) is 10.2. The Labute approximate surface area is 224 Å². The Kier molecular flexibility index (Phi) is 6.21. The van der Waals surface area contributed by atoms with Gasteiger partial charge in [0.15, 0.2) is 0 Å². The zero-order chi connectivity index (χ0) is 26.4. The summed E-state index contributed by atoms with van der Waals surface area (Å²) in [5.41, 5.74) is 3.51. The molecule has 36 heavy (non-hydrogen) atoms. The van der Waals surface area contributed by atoms with Crippen molar-refractivity contribution < 1.29 is 5.76 Å². The van der Waals surface area contributed by atoms with Crippen molar-refractivity contribution >= 4 is 44.9 Å². The summed E-state index contributed by atoms with van der Waals surface area (Å²) in [6, 6.07) is 10.7. The molecule has 0 bridgehead atoms. The Morgan fingerprint density at radius 1 is 1.28 bits per heavy atom. The van der Waals surface area contributed by atoms with Crippen LogP contribution in [0.3, 0.4) is 0 Å². The summed E-state index contributed by atoms with van der Waals surface area (Å²) in [5, 5.41) is 25.9. The molecular weight excluding hydrogens is 568 g/mol. The number of hydrogen-bond donors (Lipinski definition) is 2. The van der Waals surface area contributed by atoms with E-state index in [9.17, 15) is 11.0 Å². The van der Waals surface area contributed by atoms with Gasteiger partial charge in [-0.25, -0.2) is 9.07 Å². The van der Waals surface area contributed by atoms with Gasteiger partial charge in [-0.1, -0.05) is 38.1 Å². The molecule has 4 aromatic rings. The number of aromatic nitrogens is 4. The largest absolute Gasteiger partial charge is 0.383 e. The highest BCUT2D eigenvalue weighted by Gasteiger charge is 2.27. The van der Waals surface area contributed by atoms with Gasteiger partial charge in [-0.15, -0.1) is 5.10 Å². The number of fused-ring (bicyclic) bond motifs is 1. The molecule has 1 aliphatic rings. The number of pyridine rings is 1. The SMILES string of the molecule is [2H][C@](Nc1cc(I)c2ncc(C#N)c(NCC(C)(C)C)c2c1)(c1ccc(F)cc1)c1cn(C2CC2)nn1. The van der Waals surface area contributed by atoms with Crippen molar-refractivity contribution in [3.8, 4) is 6.07 Å². The van der Waals surface area contributed by atoms with Gasteiger partial charge >= 0.3 is 0 Å². The third kappa shape index (κ3) is 5.28. The minimum Gasteiger partial charge on any atom is -0.383 e. The van der Waals surface area contributed by atoms with Gasteiger partial charge in [0.05, 0.1) is 36.4 Å². The lowest BCUT2D eigenvalue weighted by molar-refractivity contribution is 0.443. The minimum atomic E-state index is -1.53. The first-order valence-electron chi connectivity index (χ1n) is 12.3. The molecule has 1 fully saturated rings. The van der Waals surface area contributed by atoms with Crippen molar-refractivity contribution in [1.29, 1.82) is 5.26 Å². The van der Waals surface area contributed by atoms with Gasteiger partial charge in [-0.05, 0) is 70.7 Å². The van der Waals surface area contributed by atoms with Crippen molar-refractivity contribution in [3.63, 3.8) is 0 Å². The van der Waals surface area contributed by atoms with E-state index in [0.29, 0.717) is 40.8 Å². The maximum Gasteiger partial charge on any atom is 0.123 e. The predicted octanol–water partition coefficient (Wildman–Crippen LogP) is 6.44. The van der Waals surface area contributed by atoms with E-state index in [2.05, 4.69) is 75.4 Å². The van der Waals surface area contributed by atoms with E-state index in [0.717, 1.165) is 27.3 Å². The number of nitrogens with one attached hydrogen (secondary N) is 2. The highest BCUT2D eigenvalue weighted by atomic mass is 127. The average molecular weight is 596 g/mol. The fourth-order valence-corrected chi connectivity index (χ4v) is 4.68. The van der Waals surface area contributed by atoms with E-state index in [-0.39, 0.29) is 11.2 Å². The molecular formula is C27H27FIN7. The number of nitriles is 1. The van der Waals surface area contributed by atoms with Gasteiger partial charge in [0.25, 0.3) is 0 Å². The first-order chi connectivity index (χ1) is 17.6. The maximum atomic E-state index is 13.8. The minimum absolute atomic E-state index is 0.00235. The lowest BCUT2D eigenvalue weighted by Gasteiger charge is -2.22. The third-order valence-corrected chi connectivity index (χ3v) is 6.75. The summed E-state index contributed by atoms with van der Waals surface area (Å²) in [4.78, 5) is 4.54. The zero-order valence-corrected chi connectivity index (χ0v) is 22.5. The Balaban J connectivity index is 1.62. The van der Waals surface area contributed by atoms with Crippen LogP contribution in [-0.4, -0.2) is 26.5 Å². The van der Waals surface area contributed by atoms with Crippen molar-refractivity contribution in [2.24, 2.45) is 5.41 Å². The Bertz CT molecular complexity index is 1500. The van der Waals surface area contributed by atoms with Crippen LogP contribution in [0.25, 0.3) is 10.9 Å². The van der Waals surface area contributed by atoms with E-state index in [4.69, 9.17) is 0 Å². The average Bonchev–Trinajstić information content (AvgIpc) is 3.58. The number of nitrogens with zero attached hydrogens (tertiary/aromatic N) is 5. The zero-order valence-electron chi connectivity index (χ0n) is 21.3. The molecule has 0 unspecified atom stereocenters. The van der Waals surface area contributed by atoms with Gasteiger partial charge in [0, 0.05) is 27.4 Å². The van der Waals surface area contributed by atoms with E-state index < -0.39 is 6.02 Å². The van der Waals surface area contributed by atoms with Gasteiger partial charge in [-0.2, -0.15) is 5.26 Å². The first-order valence-corrected chi connectivity index (χ1v) is 12.9. The summed E-state index contributed by atoms with van der Waals surface area (Å²) in [6.07, 6.45) is 5.46. The lowest BCUT2D eigenvalue weighted by atomic mass is 9.96. The van der Waals surface area contributed by atoms with E-state index in [1.54, 1.807) is 29.2 Å². The van der Waals surface area contributed by atoms with Crippen molar-refractivity contribution in [2.45, 2.75) is 45.7 Å². The Morgan fingerprint density at radius 3 is 2.69 bits per heavy atom. The molecule has 0 amide bonds. The van der Waals surface area contributed by atoms with Crippen LogP contribution in [0.4, 0.5) is 15.8 Å². The molecule has 1 atom stereocenters. The summed E-state index contributed by atoms with van der Waals surface area (Å²) < 4.78 is 26.0. The topological polar surface area (TPSA) is 91.5 Å². The first kappa shape index (κ1) is 23.2. The molecule has 7 nitrogen and oxygen atoms in total. The monoisotopic (exact) mass is 596 g/mol. The third-order valence-electron chi connectivity index (χ3n) is 5.93. The van der Waals surface area contributed by atoms with Crippen LogP contribution in [-0.2, 0) is 0 Å². The van der Waals surface area contributed by atoms with Crippen LogP contribution in [0.2, 0.25) is 0 Å². The van der Waals surface area contributed by atoms with Gasteiger partial charge in [0.1, 0.15) is 17.6 Å². The number of anilines is 2. The van der Waals surface area contributed by atoms with E-state index in [1.807, 2.05) is 12.1 Å². The standard InChI is InChI=1S/C27H27FIN7/c1-27(2,3)15-32-24-17(12-30)13-31-26-21(24)10-19(11-22(26)29)33-25(16-4-6-18(28)7-5-16)23-14-36(35-34-23)20-8-9-20/h4-7,10-11,13-14,20,25,33H,8-9,15H2,1-3H3,(H,31,32)/t25-/m0/s1/i25D. The van der Waals surface area contributed by atoms with Crippen LogP contribution in [0.15, 0.2) is 48.8 Å². The lowest BCUT2D eigenvalue weighted by Crippen LogP contribution is -2.20. The molecule has 0 radical (unpaired) electrons. The van der Waals surface area contributed by atoms with Crippen LogP contribution in [0.1, 0.15) is 63.9 Å². The van der Waals surface area contributed by atoms with Crippen molar-refractivity contribution in [1.82, 2.24) is 20.0 Å². The number of halogens is 2. The smallest absolute Gasteiger partial charge is 0.123 e. The van der Waals surface area contributed by atoms with Crippen LogP contribution >= 0.6 is 22.6 Å². The summed E-state index contributed by atoms with van der Waals surface area (Å²) >= 11 is 2.22. The summed E-state index contributed by atoms with van der Waals surface area (Å²) in [5.74, 6) is -0.377. The van der Waals surface area contributed by atoms with Crippen molar-refractivity contribution in [2.75, 3.05) is 17.2 Å². The molecule has 0 spiro atoms. The van der Waals surface area contributed by atoms with Gasteiger partial charge < -0.3 is 10.6 Å². The fraction of sp³-hybridized carbons (Fsp3) is 0.333. The second kappa shape index (κ2) is 9.65. The Morgan fingerprint density at radius 2 is 2.03 bits per heavy atom. The highest BCUT2D eigenvalue weighted by Crippen LogP contribution is 2.37. The molecule has 184 valence electrons. The molecule has 0 aliphatic heterocycles. The van der Waals surface area contributed by atoms with Crippen LogP contribution < -0.4 is 10.6 Å². The normalized spacial score (nSPS) is 15.7. The molecule has 2 N–H and O–H groups in total. The van der Waals surface area contributed by atoms with Crippen LogP contribution in [0, 0.1) is 26.1 Å². The van der Waals surface area contributed by atoms with Gasteiger partial charge in [-0.3, -0.25) is 4.98 Å². The quantitative estimate of drug-likeness (QED) is 0.239. The van der Waals surface area contributed by atoms with E-state index in [1.165, 1.54) is 12.1 Å². The van der Waals surface area contributed by atoms with Gasteiger partial charge in [0.2, 0.25) is 0 Å². The predicted molar refractivity (Wildman–Crippen MR) is 147 cm³/mol. The van der Waals surface area contributed by atoms with Crippen LogP contribution in [0.5, 0.6) is 0 Å². The fourth-order valence-electron chi connectivity index (χ4n) is 3.91. The number of rotatable bonds is 7. The molecule has 1 aliphatic carbocycles. The Hall–Kier alpha value is -3.26. The maximum absolute atomic E-state index is 13.8. The summed E-state index contributed by atoms with van der Waals surface area (Å²) in [6.45, 7) is 7.03. The number of hydrogen-bond acceptors (Lipinski definition) is 6. The van der Waals surface area contributed by atoms with Crippen molar-refractivity contribution in [3.05, 3.63) is 75.0 Å².